The van der Waals surface area contributed by atoms with Crippen molar-refractivity contribution in [1.82, 2.24) is 9.97 Å². The van der Waals surface area contributed by atoms with Gasteiger partial charge in [-0.15, -0.1) is 0 Å². The van der Waals surface area contributed by atoms with Crippen LogP contribution in [-0.2, 0) is 18.3 Å². The van der Waals surface area contributed by atoms with Gasteiger partial charge in [0.05, 0.1) is 23.9 Å². The highest BCUT2D eigenvalue weighted by atomic mass is 16.3. The molecule has 0 radical (unpaired) electrons. The van der Waals surface area contributed by atoms with Gasteiger partial charge in [0.1, 0.15) is 5.82 Å². The minimum atomic E-state index is -0.102. The molecule has 3 heteroatoms. The molecule has 2 N–H and O–H groups in total. The normalized spacial score (nSPS) is 19.6. The molecule has 0 saturated heterocycles. The van der Waals surface area contributed by atoms with Gasteiger partial charge < -0.3 is 10.1 Å². The van der Waals surface area contributed by atoms with E-state index in [9.17, 15) is 5.11 Å². The Bertz CT molecular complexity index is 635. The Balaban J connectivity index is 1.68. The van der Waals surface area contributed by atoms with Crippen LogP contribution >= 0.6 is 0 Å². The predicted molar refractivity (Wildman–Crippen MR) is 78.7 cm³/mol. The number of aliphatic hydroxyl groups excluding tert-OH is 1. The predicted octanol–water partition coefficient (Wildman–Crippen LogP) is 2.98. The summed E-state index contributed by atoms with van der Waals surface area (Å²) >= 11 is 0. The largest absolute Gasteiger partial charge is 0.395 e. The van der Waals surface area contributed by atoms with Gasteiger partial charge >= 0.3 is 0 Å². The molecule has 2 aromatic rings. The van der Waals surface area contributed by atoms with E-state index < -0.39 is 0 Å². The summed E-state index contributed by atoms with van der Waals surface area (Å²) in [6.45, 7) is 0.199. The molecule has 1 fully saturated rings. The number of H-pyrrole nitrogens is 1. The minimum absolute atomic E-state index is 0.102. The lowest BCUT2D eigenvalue weighted by Gasteiger charge is -2.38. The van der Waals surface area contributed by atoms with Gasteiger partial charge in [0.25, 0.3) is 0 Å². The average molecular weight is 268 g/mol. The van der Waals surface area contributed by atoms with E-state index in [1.165, 1.54) is 42.4 Å². The molecule has 0 bridgehead atoms. The van der Waals surface area contributed by atoms with Crippen molar-refractivity contribution in [3.8, 4) is 11.3 Å². The molecule has 104 valence electrons. The summed E-state index contributed by atoms with van der Waals surface area (Å²) in [5, 5.41) is 9.64. The van der Waals surface area contributed by atoms with Gasteiger partial charge in [0.2, 0.25) is 0 Å². The standard InChI is InChI=1S/C17H20N2O/c20-11-17(7-2-8-17)16-18-10-15(19-16)14-6-5-12-3-1-4-13(12)9-14/h5-6,9-10,20H,1-4,7-8,11H2,(H,18,19). The molecule has 2 aliphatic rings. The molecular formula is C17H20N2O. The third-order valence-corrected chi connectivity index (χ3v) is 5.10. The number of nitrogens with zero attached hydrogens (tertiary/aromatic N) is 1. The highest BCUT2D eigenvalue weighted by Crippen LogP contribution is 2.42. The Morgan fingerprint density at radius 1 is 1.15 bits per heavy atom. The van der Waals surface area contributed by atoms with Crippen molar-refractivity contribution in [3.63, 3.8) is 0 Å². The lowest BCUT2D eigenvalue weighted by molar-refractivity contribution is 0.113. The van der Waals surface area contributed by atoms with Crippen molar-refractivity contribution in [2.24, 2.45) is 0 Å². The monoisotopic (exact) mass is 268 g/mol. The Hall–Kier alpha value is -1.61. The number of aromatic amines is 1. The van der Waals surface area contributed by atoms with E-state index in [2.05, 4.69) is 28.2 Å². The summed E-state index contributed by atoms with van der Waals surface area (Å²) in [6.07, 6.45) is 8.89. The highest BCUT2D eigenvalue weighted by molar-refractivity contribution is 5.61. The van der Waals surface area contributed by atoms with Crippen LogP contribution in [0.25, 0.3) is 11.3 Å². The van der Waals surface area contributed by atoms with Crippen LogP contribution < -0.4 is 0 Å². The van der Waals surface area contributed by atoms with E-state index in [0.717, 1.165) is 24.4 Å². The second-order valence-corrected chi connectivity index (χ2v) is 6.27. The molecule has 2 aliphatic carbocycles. The molecule has 1 heterocycles. The first-order chi connectivity index (χ1) is 9.81. The Morgan fingerprint density at radius 3 is 2.75 bits per heavy atom. The number of aryl methyl sites for hydroxylation is 2. The van der Waals surface area contributed by atoms with Crippen LogP contribution in [0.3, 0.4) is 0 Å². The fourth-order valence-electron chi connectivity index (χ4n) is 3.55. The number of benzene rings is 1. The zero-order chi connectivity index (χ0) is 13.6. The van der Waals surface area contributed by atoms with Crippen molar-refractivity contribution in [2.45, 2.75) is 43.9 Å². The summed E-state index contributed by atoms with van der Waals surface area (Å²) in [4.78, 5) is 7.98. The van der Waals surface area contributed by atoms with E-state index in [1.54, 1.807) is 0 Å². The Morgan fingerprint density at radius 2 is 2.00 bits per heavy atom. The van der Waals surface area contributed by atoms with E-state index in [4.69, 9.17) is 0 Å². The second kappa shape index (κ2) is 4.45. The van der Waals surface area contributed by atoms with Gasteiger partial charge in [-0.05, 0) is 54.9 Å². The minimum Gasteiger partial charge on any atom is -0.395 e. The first-order valence-corrected chi connectivity index (χ1v) is 7.59. The molecule has 0 amide bonds. The number of fused-ring (bicyclic) bond motifs is 1. The second-order valence-electron chi connectivity index (χ2n) is 6.27. The van der Waals surface area contributed by atoms with E-state index in [0.29, 0.717) is 0 Å². The van der Waals surface area contributed by atoms with Gasteiger partial charge in [-0.1, -0.05) is 18.6 Å². The molecular weight excluding hydrogens is 248 g/mol. The van der Waals surface area contributed by atoms with Crippen molar-refractivity contribution in [3.05, 3.63) is 41.3 Å². The third-order valence-electron chi connectivity index (χ3n) is 5.10. The lowest BCUT2D eigenvalue weighted by atomic mass is 9.69. The summed E-state index contributed by atoms with van der Waals surface area (Å²) < 4.78 is 0. The van der Waals surface area contributed by atoms with Crippen molar-refractivity contribution >= 4 is 0 Å². The lowest BCUT2D eigenvalue weighted by Crippen LogP contribution is -2.39. The number of hydrogen-bond donors (Lipinski definition) is 2. The van der Waals surface area contributed by atoms with Crippen LogP contribution in [0.2, 0.25) is 0 Å². The van der Waals surface area contributed by atoms with Crippen molar-refractivity contribution in [1.29, 1.82) is 0 Å². The Labute approximate surface area is 119 Å². The molecule has 20 heavy (non-hydrogen) atoms. The quantitative estimate of drug-likeness (QED) is 0.899. The zero-order valence-electron chi connectivity index (χ0n) is 11.7. The average Bonchev–Trinajstić information content (AvgIpc) is 3.06. The zero-order valence-corrected chi connectivity index (χ0v) is 11.7. The molecule has 1 saturated carbocycles. The molecule has 0 spiro atoms. The van der Waals surface area contributed by atoms with Gasteiger partial charge in [-0.3, -0.25) is 0 Å². The number of aliphatic hydroxyl groups is 1. The maximum atomic E-state index is 9.64. The molecule has 0 atom stereocenters. The topological polar surface area (TPSA) is 48.9 Å². The van der Waals surface area contributed by atoms with Crippen LogP contribution in [0.1, 0.15) is 42.6 Å². The summed E-state index contributed by atoms with van der Waals surface area (Å²) in [5.41, 5.74) is 5.18. The fourth-order valence-corrected chi connectivity index (χ4v) is 3.55. The summed E-state index contributed by atoms with van der Waals surface area (Å²) in [6, 6.07) is 6.74. The molecule has 3 nitrogen and oxygen atoms in total. The van der Waals surface area contributed by atoms with Crippen LogP contribution in [0, 0.1) is 0 Å². The summed E-state index contributed by atoms with van der Waals surface area (Å²) in [7, 11) is 0. The maximum Gasteiger partial charge on any atom is 0.115 e. The van der Waals surface area contributed by atoms with E-state index in [1.807, 2.05) is 6.20 Å². The van der Waals surface area contributed by atoms with Gasteiger partial charge in [0.15, 0.2) is 0 Å². The first kappa shape index (κ1) is 12.2. The number of hydrogen-bond acceptors (Lipinski definition) is 2. The van der Waals surface area contributed by atoms with Crippen LogP contribution in [0.5, 0.6) is 0 Å². The summed E-state index contributed by atoms with van der Waals surface area (Å²) in [5.74, 6) is 0.960. The SMILES string of the molecule is OCC1(c2ncc(-c3ccc4c(c3)CCC4)[nH]2)CCC1. The number of rotatable bonds is 3. The van der Waals surface area contributed by atoms with Crippen LogP contribution in [0.15, 0.2) is 24.4 Å². The number of aromatic nitrogens is 2. The van der Waals surface area contributed by atoms with Crippen molar-refractivity contribution < 1.29 is 5.11 Å². The maximum absolute atomic E-state index is 9.64. The molecule has 1 aromatic carbocycles. The van der Waals surface area contributed by atoms with Crippen LogP contribution in [-0.4, -0.2) is 21.7 Å². The Kier molecular flexibility index (Phi) is 2.71. The smallest absolute Gasteiger partial charge is 0.115 e. The van der Waals surface area contributed by atoms with Gasteiger partial charge in [-0.25, -0.2) is 4.98 Å². The molecule has 0 aliphatic heterocycles. The number of imidazole rings is 1. The van der Waals surface area contributed by atoms with Gasteiger partial charge in [0, 0.05) is 0 Å². The molecule has 1 aromatic heterocycles. The van der Waals surface area contributed by atoms with Gasteiger partial charge in [-0.2, -0.15) is 0 Å². The highest BCUT2D eigenvalue weighted by Gasteiger charge is 2.40. The molecule has 0 unspecified atom stereocenters. The third kappa shape index (κ3) is 1.73. The fraction of sp³-hybridized carbons (Fsp3) is 0.471. The van der Waals surface area contributed by atoms with Crippen molar-refractivity contribution in [2.75, 3.05) is 6.61 Å². The molecule has 4 rings (SSSR count). The van der Waals surface area contributed by atoms with E-state index >= 15 is 0 Å². The first-order valence-electron chi connectivity index (χ1n) is 7.59. The van der Waals surface area contributed by atoms with Crippen LogP contribution in [0.4, 0.5) is 0 Å². The number of nitrogens with one attached hydrogen (secondary N) is 1. The van der Waals surface area contributed by atoms with E-state index in [-0.39, 0.29) is 12.0 Å².